The maximum absolute atomic E-state index is 11.2. The fourth-order valence-corrected chi connectivity index (χ4v) is 1.91. The van der Waals surface area contributed by atoms with Crippen LogP contribution in [0.25, 0.3) is 0 Å². The molecule has 2 rings (SSSR count). The van der Waals surface area contributed by atoms with Gasteiger partial charge in [-0.1, -0.05) is 29.8 Å². The van der Waals surface area contributed by atoms with Gasteiger partial charge in [0.25, 0.3) is 0 Å². The van der Waals surface area contributed by atoms with Gasteiger partial charge in [-0.05, 0) is 43.2 Å². The predicted molar refractivity (Wildman–Crippen MR) is 74.4 cm³/mol. The molecule has 0 atom stereocenters. The Morgan fingerprint density at radius 3 is 2.63 bits per heavy atom. The lowest BCUT2D eigenvalue weighted by molar-refractivity contribution is 0.0694. The molecular weight excluding hydrogens is 264 g/mol. The molecule has 1 N–H and O–H groups in total. The Hall–Kier alpha value is -2.00. The second-order valence-electron chi connectivity index (χ2n) is 4.29. The number of halogens is 1. The summed E-state index contributed by atoms with van der Waals surface area (Å²) in [5.41, 5.74) is 1.86. The molecule has 0 aliphatic carbocycles. The normalized spacial score (nSPS) is 10.3. The molecule has 0 unspecified atom stereocenters. The van der Waals surface area contributed by atoms with Gasteiger partial charge in [-0.25, -0.2) is 4.79 Å². The summed E-state index contributed by atoms with van der Waals surface area (Å²) in [7, 11) is 0. The van der Waals surface area contributed by atoms with Crippen LogP contribution in [0.3, 0.4) is 0 Å². The molecule has 98 valence electrons. The van der Waals surface area contributed by atoms with Crippen molar-refractivity contribution < 1.29 is 14.6 Å². The van der Waals surface area contributed by atoms with E-state index in [2.05, 4.69) is 0 Å². The quantitative estimate of drug-likeness (QED) is 0.901. The molecule has 0 bridgehead atoms. The fourth-order valence-electron chi connectivity index (χ4n) is 1.76. The smallest absolute Gasteiger partial charge is 0.339 e. The van der Waals surface area contributed by atoms with Gasteiger partial charge >= 0.3 is 5.97 Å². The number of carboxylic acid groups (broad SMARTS) is 1. The standard InChI is InChI=1S/C15H13ClO3/c1-9-6-7-12(16)13(8-9)19-14-10(2)4-3-5-11(14)15(17)18/h3-8H,1-2H3,(H,17,18). The number of benzene rings is 2. The first kappa shape index (κ1) is 13.4. The van der Waals surface area contributed by atoms with Crippen molar-refractivity contribution in [3.63, 3.8) is 0 Å². The number of rotatable bonds is 3. The predicted octanol–water partition coefficient (Wildman–Crippen LogP) is 4.45. The van der Waals surface area contributed by atoms with Crippen molar-refractivity contribution in [2.24, 2.45) is 0 Å². The highest BCUT2D eigenvalue weighted by atomic mass is 35.5. The van der Waals surface area contributed by atoms with E-state index in [9.17, 15) is 9.90 Å². The van der Waals surface area contributed by atoms with Crippen LogP contribution in [0.4, 0.5) is 0 Å². The number of carbonyl (C=O) groups is 1. The third kappa shape index (κ3) is 2.88. The summed E-state index contributed by atoms with van der Waals surface area (Å²) in [6.07, 6.45) is 0. The van der Waals surface area contributed by atoms with Gasteiger partial charge in [-0.2, -0.15) is 0 Å². The van der Waals surface area contributed by atoms with E-state index in [1.807, 2.05) is 13.0 Å². The van der Waals surface area contributed by atoms with Gasteiger partial charge in [0.2, 0.25) is 0 Å². The Bertz CT molecular complexity index is 635. The zero-order chi connectivity index (χ0) is 14.0. The zero-order valence-corrected chi connectivity index (χ0v) is 11.4. The average Bonchev–Trinajstić information content (AvgIpc) is 2.35. The van der Waals surface area contributed by atoms with Gasteiger partial charge in [0, 0.05) is 0 Å². The first-order valence-electron chi connectivity index (χ1n) is 5.76. The molecule has 0 fully saturated rings. The topological polar surface area (TPSA) is 46.5 Å². The molecule has 3 nitrogen and oxygen atoms in total. The van der Waals surface area contributed by atoms with Crippen LogP contribution in [0.15, 0.2) is 36.4 Å². The summed E-state index contributed by atoms with van der Waals surface area (Å²) in [4.78, 5) is 11.2. The molecule has 4 heteroatoms. The molecule has 0 radical (unpaired) electrons. The Labute approximate surface area is 116 Å². The molecule has 0 saturated carbocycles. The Morgan fingerprint density at radius 2 is 1.95 bits per heavy atom. The summed E-state index contributed by atoms with van der Waals surface area (Å²) >= 11 is 6.06. The minimum atomic E-state index is -1.03. The van der Waals surface area contributed by atoms with Crippen molar-refractivity contribution in [3.8, 4) is 11.5 Å². The van der Waals surface area contributed by atoms with Crippen LogP contribution < -0.4 is 4.74 Å². The lowest BCUT2D eigenvalue weighted by Crippen LogP contribution is -2.01. The summed E-state index contributed by atoms with van der Waals surface area (Å²) in [6.45, 7) is 3.71. The van der Waals surface area contributed by atoms with Gasteiger partial charge in [0.1, 0.15) is 17.1 Å². The first-order valence-corrected chi connectivity index (χ1v) is 6.13. The van der Waals surface area contributed by atoms with Crippen molar-refractivity contribution >= 4 is 17.6 Å². The summed E-state index contributed by atoms with van der Waals surface area (Å²) < 4.78 is 5.70. The van der Waals surface area contributed by atoms with Crippen LogP contribution in [0.2, 0.25) is 5.02 Å². The van der Waals surface area contributed by atoms with Crippen LogP contribution in [0.1, 0.15) is 21.5 Å². The number of ether oxygens (including phenoxy) is 1. The molecule has 0 heterocycles. The van der Waals surface area contributed by atoms with E-state index in [1.54, 1.807) is 31.2 Å². The van der Waals surface area contributed by atoms with Crippen LogP contribution in [0, 0.1) is 13.8 Å². The Balaban J connectivity index is 2.49. The van der Waals surface area contributed by atoms with E-state index in [0.717, 1.165) is 11.1 Å². The second-order valence-corrected chi connectivity index (χ2v) is 4.70. The SMILES string of the molecule is Cc1ccc(Cl)c(Oc2c(C)cccc2C(=O)O)c1. The molecule has 0 aromatic heterocycles. The first-order chi connectivity index (χ1) is 8.99. The summed E-state index contributed by atoms with van der Waals surface area (Å²) in [6, 6.07) is 10.4. The van der Waals surface area contributed by atoms with Crippen molar-refractivity contribution in [1.29, 1.82) is 0 Å². The maximum atomic E-state index is 11.2. The minimum Gasteiger partial charge on any atom is -0.478 e. The summed E-state index contributed by atoms with van der Waals surface area (Å²) in [5.74, 6) is -0.247. The highest BCUT2D eigenvalue weighted by molar-refractivity contribution is 6.32. The number of aromatic carboxylic acids is 1. The number of hydrogen-bond donors (Lipinski definition) is 1. The molecule has 0 saturated heterocycles. The van der Waals surface area contributed by atoms with Gasteiger partial charge in [0.05, 0.1) is 5.02 Å². The lowest BCUT2D eigenvalue weighted by atomic mass is 10.1. The molecule has 0 spiro atoms. The Morgan fingerprint density at radius 1 is 1.21 bits per heavy atom. The average molecular weight is 277 g/mol. The monoisotopic (exact) mass is 276 g/mol. The second kappa shape index (κ2) is 5.33. The molecule has 2 aromatic rings. The van der Waals surface area contributed by atoms with Crippen molar-refractivity contribution in [1.82, 2.24) is 0 Å². The van der Waals surface area contributed by atoms with Crippen LogP contribution in [0.5, 0.6) is 11.5 Å². The highest BCUT2D eigenvalue weighted by Gasteiger charge is 2.15. The number of para-hydroxylation sites is 1. The van der Waals surface area contributed by atoms with E-state index in [1.165, 1.54) is 6.07 Å². The van der Waals surface area contributed by atoms with Crippen molar-refractivity contribution in [2.75, 3.05) is 0 Å². The fraction of sp³-hybridized carbons (Fsp3) is 0.133. The number of aryl methyl sites for hydroxylation is 2. The molecule has 0 aliphatic heterocycles. The number of hydrogen-bond acceptors (Lipinski definition) is 2. The third-order valence-electron chi connectivity index (χ3n) is 2.74. The molecule has 2 aromatic carbocycles. The summed E-state index contributed by atoms with van der Waals surface area (Å²) in [5, 5.41) is 9.63. The van der Waals surface area contributed by atoms with E-state index in [4.69, 9.17) is 16.3 Å². The van der Waals surface area contributed by atoms with Crippen LogP contribution >= 0.6 is 11.6 Å². The maximum Gasteiger partial charge on any atom is 0.339 e. The Kier molecular flexibility index (Phi) is 3.76. The largest absolute Gasteiger partial charge is 0.478 e. The van der Waals surface area contributed by atoms with Gasteiger partial charge in [0.15, 0.2) is 0 Å². The van der Waals surface area contributed by atoms with Crippen molar-refractivity contribution in [2.45, 2.75) is 13.8 Å². The highest BCUT2D eigenvalue weighted by Crippen LogP contribution is 2.34. The minimum absolute atomic E-state index is 0.123. The zero-order valence-electron chi connectivity index (χ0n) is 10.6. The lowest BCUT2D eigenvalue weighted by Gasteiger charge is -2.13. The molecule has 0 aliphatic rings. The molecular formula is C15H13ClO3. The van der Waals surface area contributed by atoms with Gasteiger partial charge < -0.3 is 9.84 Å². The van der Waals surface area contributed by atoms with E-state index in [0.29, 0.717) is 16.5 Å². The number of carboxylic acids is 1. The van der Waals surface area contributed by atoms with Crippen LogP contribution in [-0.4, -0.2) is 11.1 Å². The van der Waals surface area contributed by atoms with Gasteiger partial charge in [-0.3, -0.25) is 0 Å². The third-order valence-corrected chi connectivity index (χ3v) is 3.05. The van der Waals surface area contributed by atoms with Crippen LogP contribution in [-0.2, 0) is 0 Å². The van der Waals surface area contributed by atoms with E-state index in [-0.39, 0.29) is 5.56 Å². The van der Waals surface area contributed by atoms with E-state index < -0.39 is 5.97 Å². The molecule has 19 heavy (non-hydrogen) atoms. The van der Waals surface area contributed by atoms with Gasteiger partial charge in [-0.15, -0.1) is 0 Å². The van der Waals surface area contributed by atoms with Crippen molar-refractivity contribution in [3.05, 3.63) is 58.1 Å². The van der Waals surface area contributed by atoms with E-state index >= 15 is 0 Å². The molecule has 0 amide bonds.